The highest BCUT2D eigenvalue weighted by Gasteiger charge is 2.14. The molecule has 0 aliphatic rings. The number of hydrogen-bond donors (Lipinski definition) is 1. The van der Waals surface area contributed by atoms with Crippen LogP contribution in [0.15, 0.2) is 48.5 Å². The number of likely N-dealkylation sites (N-methyl/N-ethyl adjacent to an activating group) is 1. The zero-order valence-corrected chi connectivity index (χ0v) is 16.6. The number of hydrogen-bond acceptors (Lipinski definition) is 5. The van der Waals surface area contributed by atoms with Crippen molar-refractivity contribution in [3.63, 3.8) is 0 Å². The number of anilines is 1. The van der Waals surface area contributed by atoms with Crippen molar-refractivity contribution in [1.29, 1.82) is 0 Å². The van der Waals surface area contributed by atoms with Crippen molar-refractivity contribution in [3.8, 4) is 0 Å². The lowest BCUT2D eigenvalue weighted by Crippen LogP contribution is -2.34. The number of benzene rings is 2. The molecule has 0 heterocycles. The normalized spacial score (nSPS) is 10.2. The van der Waals surface area contributed by atoms with Gasteiger partial charge < -0.3 is 19.9 Å². The van der Waals surface area contributed by atoms with Crippen molar-refractivity contribution in [2.75, 3.05) is 39.2 Å². The molecule has 0 aliphatic carbocycles. The van der Waals surface area contributed by atoms with Crippen LogP contribution in [0, 0.1) is 5.82 Å². The highest BCUT2D eigenvalue weighted by atomic mass is 19.1. The summed E-state index contributed by atoms with van der Waals surface area (Å²) < 4.78 is 18.0. The monoisotopic (exact) mass is 401 g/mol. The molecule has 0 bridgehead atoms. The van der Waals surface area contributed by atoms with Crippen molar-refractivity contribution >= 4 is 23.5 Å². The minimum atomic E-state index is -0.758. The van der Waals surface area contributed by atoms with Crippen LogP contribution < -0.4 is 10.2 Å². The van der Waals surface area contributed by atoms with E-state index < -0.39 is 30.8 Å². The van der Waals surface area contributed by atoms with Gasteiger partial charge in [-0.05, 0) is 35.9 Å². The van der Waals surface area contributed by atoms with E-state index in [0.29, 0.717) is 6.54 Å². The van der Waals surface area contributed by atoms with Gasteiger partial charge in [-0.1, -0.05) is 18.2 Å². The van der Waals surface area contributed by atoms with E-state index >= 15 is 0 Å². The van der Waals surface area contributed by atoms with Crippen LogP contribution >= 0.6 is 0 Å². The first-order valence-electron chi connectivity index (χ1n) is 8.96. The molecule has 8 heteroatoms. The van der Waals surface area contributed by atoms with Gasteiger partial charge in [0.2, 0.25) is 0 Å². The molecule has 0 atom stereocenters. The molecule has 0 aromatic heterocycles. The summed E-state index contributed by atoms with van der Waals surface area (Å²) in [6.07, 6.45) is 0. The fourth-order valence-electron chi connectivity index (χ4n) is 2.45. The Morgan fingerprint density at radius 3 is 2.34 bits per heavy atom. The molecule has 7 nitrogen and oxygen atoms in total. The second-order valence-corrected chi connectivity index (χ2v) is 6.66. The van der Waals surface area contributed by atoms with Crippen LogP contribution in [0.5, 0.6) is 0 Å². The van der Waals surface area contributed by atoms with Gasteiger partial charge in [-0.3, -0.25) is 14.4 Å². The van der Waals surface area contributed by atoms with Crippen molar-refractivity contribution in [1.82, 2.24) is 10.2 Å². The van der Waals surface area contributed by atoms with Gasteiger partial charge in [-0.25, -0.2) is 4.39 Å². The van der Waals surface area contributed by atoms with Crippen molar-refractivity contribution < 1.29 is 23.5 Å². The molecule has 2 rings (SSSR count). The molecule has 0 aliphatic heterocycles. The Morgan fingerprint density at radius 1 is 1.03 bits per heavy atom. The van der Waals surface area contributed by atoms with Crippen LogP contribution in [0.3, 0.4) is 0 Å². The largest absolute Gasteiger partial charge is 0.454 e. The van der Waals surface area contributed by atoms with Gasteiger partial charge in [0.1, 0.15) is 12.4 Å². The Balaban J connectivity index is 1.74. The fraction of sp³-hybridized carbons (Fsp3) is 0.286. The number of nitrogens with zero attached hydrogens (tertiary/aromatic N) is 2. The predicted octanol–water partition coefficient (Wildman–Crippen LogP) is 1.82. The predicted molar refractivity (Wildman–Crippen MR) is 107 cm³/mol. The molecule has 154 valence electrons. The second kappa shape index (κ2) is 10.2. The molecule has 29 heavy (non-hydrogen) atoms. The number of ether oxygens (including phenoxy) is 1. The third-order valence-electron chi connectivity index (χ3n) is 4.13. The Hall–Kier alpha value is -3.42. The first-order valence-corrected chi connectivity index (χ1v) is 8.96. The van der Waals surface area contributed by atoms with Gasteiger partial charge in [-0.15, -0.1) is 0 Å². The fourth-order valence-corrected chi connectivity index (χ4v) is 2.45. The smallest absolute Gasteiger partial charge is 0.325 e. The summed E-state index contributed by atoms with van der Waals surface area (Å²) in [5.74, 6) is -2.28. The number of rotatable bonds is 8. The van der Waals surface area contributed by atoms with Gasteiger partial charge >= 0.3 is 5.97 Å². The first kappa shape index (κ1) is 21.9. The number of carbonyl (C=O) groups excluding carboxylic acids is 3. The lowest BCUT2D eigenvalue weighted by atomic mass is 10.2. The number of nitrogens with one attached hydrogen (secondary N) is 1. The zero-order valence-electron chi connectivity index (χ0n) is 16.6. The third kappa shape index (κ3) is 6.91. The second-order valence-electron chi connectivity index (χ2n) is 6.66. The summed E-state index contributed by atoms with van der Waals surface area (Å²) in [6.45, 7) is -0.473. The van der Waals surface area contributed by atoms with Crippen LogP contribution in [0.2, 0.25) is 0 Å². The molecular formula is C21H24FN3O4. The molecule has 0 radical (unpaired) electrons. The Kier molecular flexibility index (Phi) is 7.70. The molecule has 1 N–H and O–H groups in total. The molecule has 2 aromatic rings. The van der Waals surface area contributed by atoms with Gasteiger partial charge in [0.25, 0.3) is 11.8 Å². The van der Waals surface area contributed by atoms with Crippen LogP contribution in [0.4, 0.5) is 10.1 Å². The lowest BCUT2D eigenvalue weighted by molar-refractivity contribution is -0.150. The molecular weight excluding hydrogens is 377 g/mol. The van der Waals surface area contributed by atoms with E-state index in [-0.39, 0.29) is 11.5 Å². The van der Waals surface area contributed by atoms with Gasteiger partial charge in [0, 0.05) is 38.9 Å². The number of amides is 2. The first-order chi connectivity index (χ1) is 13.8. The average Bonchev–Trinajstić information content (AvgIpc) is 2.70. The number of carbonyl (C=O) groups is 3. The Morgan fingerprint density at radius 2 is 1.72 bits per heavy atom. The number of halogens is 1. The average molecular weight is 401 g/mol. The summed E-state index contributed by atoms with van der Waals surface area (Å²) in [7, 11) is 5.50. The van der Waals surface area contributed by atoms with E-state index in [1.807, 2.05) is 43.3 Å². The van der Waals surface area contributed by atoms with E-state index in [1.54, 1.807) is 7.05 Å². The van der Waals surface area contributed by atoms with Crippen molar-refractivity contribution in [2.24, 2.45) is 0 Å². The summed E-state index contributed by atoms with van der Waals surface area (Å²) in [6, 6.07) is 12.8. The maximum atomic E-state index is 13.1. The zero-order chi connectivity index (χ0) is 21.4. The summed E-state index contributed by atoms with van der Waals surface area (Å²) >= 11 is 0. The summed E-state index contributed by atoms with van der Waals surface area (Å²) in [5, 5.41) is 2.32. The SMILES string of the molecule is CN(Cc1ccc(N(C)C)cc1)C(=O)COC(=O)CNC(=O)c1cccc(F)c1. The van der Waals surface area contributed by atoms with Crippen LogP contribution in [0.1, 0.15) is 15.9 Å². The van der Waals surface area contributed by atoms with Crippen LogP contribution in [-0.2, 0) is 20.9 Å². The molecule has 0 fully saturated rings. The topological polar surface area (TPSA) is 79.0 Å². The maximum absolute atomic E-state index is 13.1. The van der Waals surface area contributed by atoms with Crippen molar-refractivity contribution in [2.45, 2.75) is 6.54 Å². The minimum absolute atomic E-state index is 0.0916. The standard InChI is InChI=1S/C21H24FN3O4/c1-24(2)18-9-7-15(8-10-18)13-25(3)19(26)14-29-20(27)12-23-21(28)16-5-4-6-17(22)11-16/h4-11H,12-14H2,1-3H3,(H,23,28). The van der Waals surface area contributed by atoms with E-state index in [0.717, 1.165) is 17.3 Å². The van der Waals surface area contributed by atoms with Gasteiger partial charge in [0.15, 0.2) is 6.61 Å². The highest BCUT2D eigenvalue weighted by Crippen LogP contribution is 2.13. The van der Waals surface area contributed by atoms with Gasteiger partial charge in [-0.2, -0.15) is 0 Å². The van der Waals surface area contributed by atoms with E-state index in [4.69, 9.17) is 4.74 Å². The Bertz CT molecular complexity index is 868. The van der Waals surface area contributed by atoms with E-state index in [1.165, 1.54) is 23.1 Å². The summed E-state index contributed by atoms with van der Waals surface area (Å²) in [4.78, 5) is 39.2. The maximum Gasteiger partial charge on any atom is 0.325 e. The molecule has 0 saturated heterocycles. The molecule has 0 unspecified atom stereocenters. The third-order valence-corrected chi connectivity index (χ3v) is 4.13. The minimum Gasteiger partial charge on any atom is -0.454 e. The van der Waals surface area contributed by atoms with Crippen LogP contribution in [-0.4, -0.2) is 57.0 Å². The van der Waals surface area contributed by atoms with Crippen LogP contribution in [0.25, 0.3) is 0 Å². The van der Waals surface area contributed by atoms with Crippen molar-refractivity contribution in [3.05, 3.63) is 65.5 Å². The number of esters is 1. The molecule has 0 saturated carbocycles. The van der Waals surface area contributed by atoms with Gasteiger partial charge in [0.05, 0.1) is 0 Å². The Labute approximate surface area is 169 Å². The highest BCUT2D eigenvalue weighted by molar-refractivity contribution is 5.96. The van der Waals surface area contributed by atoms with E-state index in [2.05, 4.69) is 5.32 Å². The molecule has 2 amide bonds. The van der Waals surface area contributed by atoms with E-state index in [9.17, 15) is 18.8 Å². The molecule has 0 spiro atoms. The molecule has 2 aromatic carbocycles. The lowest BCUT2D eigenvalue weighted by Gasteiger charge is -2.18. The quantitative estimate of drug-likeness (QED) is 0.683. The summed E-state index contributed by atoms with van der Waals surface area (Å²) in [5.41, 5.74) is 2.09.